The summed E-state index contributed by atoms with van der Waals surface area (Å²) in [5.41, 5.74) is -1.74. The molecular weight excluding hydrogens is 632 g/mol. The Hall–Kier alpha value is -1.95. The number of aliphatic hydroxyl groups excluding tert-OH is 1. The van der Waals surface area contributed by atoms with Crippen LogP contribution in [0.25, 0.3) is 0 Å². The standard InChI is InChI=1S/C40H62N4O6/c1-4-42-33-20-27-10-6-5-9-26(27)19-28(33)23-49-38(48)40-36(47)32-12-8-7-11-31(32)35(46)39(40,50-40)21-29(22-45)24(2)13-14-25-17-18-43-37-30(25)15-16-34(41-3)44-37/h6,10,25-28,30-34,37,41-45H,4-5,7-9,11-23H2,1-3H3. The van der Waals surface area contributed by atoms with E-state index < -0.39 is 29.0 Å². The number of Topliss-reactive ketones (excluding diaryl/α,β-unsaturated/α-hetero) is 2. The highest BCUT2D eigenvalue weighted by molar-refractivity contribution is 6.23. The summed E-state index contributed by atoms with van der Waals surface area (Å²) in [7, 11) is 2.00. The van der Waals surface area contributed by atoms with Crippen LogP contribution in [0, 0.1) is 41.4 Å². The van der Waals surface area contributed by atoms with Gasteiger partial charge in [-0.15, -0.1) is 0 Å². The highest BCUT2D eigenvalue weighted by Gasteiger charge is 2.87. The monoisotopic (exact) mass is 694 g/mol. The highest BCUT2D eigenvalue weighted by atomic mass is 16.7. The second kappa shape index (κ2) is 15.2. The van der Waals surface area contributed by atoms with Crippen molar-refractivity contribution >= 4 is 17.5 Å². The molecule has 3 heterocycles. The largest absolute Gasteiger partial charge is 0.463 e. The van der Waals surface area contributed by atoms with Crippen LogP contribution in [0.5, 0.6) is 0 Å². The number of fused-ring (bicyclic) bond motifs is 4. The number of allylic oxidation sites excluding steroid dienone is 3. The Bertz CT molecular complexity index is 1350. The van der Waals surface area contributed by atoms with E-state index in [4.69, 9.17) is 9.47 Å². The molecule has 3 saturated heterocycles. The molecule has 3 saturated carbocycles. The van der Waals surface area contributed by atoms with E-state index in [1.165, 1.54) is 0 Å². The molecule has 0 aromatic rings. The highest BCUT2D eigenvalue weighted by Crippen LogP contribution is 2.62. The summed E-state index contributed by atoms with van der Waals surface area (Å²) in [6, 6.07) is 0.224. The van der Waals surface area contributed by atoms with Crippen molar-refractivity contribution in [3.63, 3.8) is 0 Å². The van der Waals surface area contributed by atoms with Crippen molar-refractivity contribution in [1.82, 2.24) is 21.3 Å². The van der Waals surface area contributed by atoms with E-state index in [-0.39, 0.29) is 43.2 Å². The normalized spacial score (nSPS) is 42.8. The zero-order chi connectivity index (χ0) is 35.0. The topological polar surface area (TPSA) is 141 Å². The number of aliphatic hydroxyl groups is 1. The fourth-order valence-electron chi connectivity index (χ4n) is 11.2. The molecule has 4 aliphatic carbocycles. The minimum atomic E-state index is -1.90. The van der Waals surface area contributed by atoms with Crippen molar-refractivity contribution in [3.8, 4) is 0 Å². The van der Waals surface area contributed by atoms with Gasteiger partial charge in [0.05, 0.1) is 25.5 Å². The zero-order valence-electron chi connectivity index (χ0n) is 30.6. The first-order chi connectivity index (χ1) is 24.3. The minimum absolute atomic E-state index is 0.0709. The Morgan fingerprint density at radius 3 is 2.62 bits per heavy atom. The van der Waals surface area contributed by atoms with Crippen molar-refractivity contribution in [2.45, 2.75) is 133 Å². The molecule has 0 aromatic heterocycles. The molecule has 12 unspecified atom stereocenters. The molecule has 0 aromatic carbocycles. The van der Waals surface area contributed by atoms with Crippen molar-refractivity contribution in [2.75, 3.05) is 33.4 Å². The van der Waals surface area contributed by atoms with Gasteiger partial charge in [-0.2, -0.15) is 0 Å². The Kier molecular flexibility index (Phi) is 11.1. The third kappa shape index (κ3) is 6.48. The molecule has 278 valence electrons. The van der Waals surface area contributed by atoms with E-state index in [1.54, 1.807) is 0 Å². The predicted molar refractivity (Wildman–Crippen MR) is 191 cm³/mol. The molecule has 6 fully saturated rings. The van der Waals surface area contributed by atoms with Gasteiger partial charge in [0, 0.05) is 30.2 Å². The molecule has 0 bridgehead atoms. The maximum Gasteiger partial charge on any atom is 0.350 e. The van der Waals surface area contributed by atoms with Gasteiger partial charge in [-0.1, -0.05) is 37.5 Å². The van der Waals surface area contributed by atoms with Crippen LogP contribution in [0.3, 0.4) is 0 Å². The van der Waals surface area contributed by atoms with Gasteiger partial charge in [-0.25, -0.2) is 4.79 Å². The van der Waals surface area contributed by atoms with Crippen molar-refractivity contribution in [2.24, 2.45) is 41.4 Å². The molecule has 50 heavy (non-hydrogen) atoms. The average molecular weight is 695 g/mol. The number of rotatable bonds is 12. The minimum Gasteiger partial charge on any atom is -0.463 e. The van der Waals surface area contributed by atoms with Gasteiger partial charge >= 0.3 is 5.97 Å². The Balaban J connectivity index is 1.08. The summed E-state index contributed by atoms with van der Waals surface area (Å²) in [6.07, 6.45) is 17.7. The van der Waals surface area contributed by atoms with Crippen LogP contribution in [-0.4, -0.2) is 85.6 Å². The van der Waals surface area contributed by atoms with Crippen LogP contribution in [0.2, 0.25) is 0 Å². The molecule has 0 radical (unpaired) electrons. The van der Waals surface area contributed by atoms with E-state index in [0.717, 1.165) is 89.3 Å². The fraction of sp³-hybridized carbons (Fsp3) is 0.825. The Labute approximate surface area is 298 Å². The van der Waals surface area contributed by atoms with Gasteiger partial charge in [-0.05, 0) is 127 Å². The third-order valence-corrected chi connectivity index (χ3v) is 14.2. The second-order valence-corrected chi connectivity index (χ2v) is 16.7. The lowest BCUT2D eigenvalue weighted by Crippen LogP contribution is -2.62. The summed E-state index contributed by atoms with van der Waals surface area (Å²) in [5.74, 6) is 0.336. The number of ketones is 2. The number of carbonyl (C=O) groups is 3. The van der Waals surface area contributed by atoms with Crippen LogP contribution in [0.4, 0.5) is 0 Å². The zero-order valence-corrected chi connectivity index (χ0v) is 30.6. The molecule has 3 aliphatic heterocycles. The number of hydrogen-bond acceptors (Lipinski definition) is 10. The van der Waals surface area contributed by atoms with Crippen molar-refractivity contribution in [3.05, 3.63) is 23.3 Å². The van der Waals surface area contributed by atoms with Crippen LogP contribution >= 0.6 is 0 Å². The molecule has 0 spiro atoms. The number of ether oxygens (including phenoxy) is 2. The number of esters is 1. The van der Waals surface area contributed by atoms with Gasteiger partial charge in [-0.3, -0.25) is 14.9 Å². The molecule has 5 N–H and O–H groups in total. The van der Waals surface area contributed by atoms with Gasteiger partial charge in [0.2, 0.25) is 0 Å². The van der Waals surface area contributed by atoms with Crippen LogP contribution in [-0.2, 0) is 23.9 Å². The van der Waals surface area contributed by atoms with E-state index in [1.807, 2.05) is 14.0 Å². The fourth-order valence-corrected chi connectivity index (χ4v) is 11.2. The molecule has 10 heteroatoms. The lowest BCUT2D eigenvalue weighted by atomic mass is 9.60. The quantitative estimate of drug-likeness (QED) is 0.0884. The first-order valence-corrected chi connectivity index (χ1v) is 20.1. The number of hydrogen-bond donors (Lipinski definition) is 5. The van der Waals surface area contributed by atoms with Gasteiger partial charge in [0.25, 0.3) is 5.60 Å². The number of nitrogens with one attached hydrogen (secondary N) is 4. The molecule has 7 aliphatic rings. The average Bonchev–Trinajstić information content (AvgIpc) is 3.85. The summed E-state index contributed by atoms with van der Waals surface area (Å²) >= 11 is 0. The van der Waals surface area contributed by atoms with E-state index in [0.29, 0.717) is 54.4 Å². The number of epoxide rings is 1. The van der Waals surface area contributed by atoms with Crippen LogP contribution < -0.4 is 21.3 Å². The lowest BCUT2D eigenvalue weighted by molar-refractivity contribution is -0.160. The lowest BCUT2D eigenvalue weighted by Gasteiger charge is -2.45. The molecular formula is C40H62N4O6. The second-order valence-electron chi connectivity index (χ2n) is 16.7. The van der Waals surface area contributed by atoms with Crippen LogP contribution in [0.15, 0.2) is 23.3 Å². The molecule has 0 amide bonds. The smallest absolute Gasteiger partial charge is 0.350 e. The van der Waals surface area contributed by atoms with Gasteiger partial charge in [0.15, 0.2) is 17.2 Å². The summed E-state index contributed by atoms with van der Waals surface area (Å²) in [5, 5.41) is 25.1. The van der Waals surface area contributed by atoms with E-state index in [2.05, 4.69) is 40.3 Å². The summed E-state index contributed by atoms with van der Waals surface area (Å²) in [4.78, 5) is 43.1. The number of carbonyl (C=O) groups excluding carboxylic acids is 3. The molecule has 10 nitrogen and oxygen atoms in total. The number of piperidine rings is 2. The molecule has 7 rings (SSSR count). The Morgan fingerprint density at radius 1 is 1.06 bits per heavy atom. The van der Waals surface area contributed by atoms with Gasteiger partial charge in [0.1, 0.15) is 0 Å². The van der Waals surface area contributed by atoms with E-state index >= 15 is 0 Å². The first kappa shape index (κ1) is 36.4. The van der Waals surface area contributed by atoms with Crippen molar-refractivity contribution in [1.29, 1.82) is 0 Å². The summed E-state index contributed by atoms with van der Waals surface area (Å²) < 4.78 is 12.5. The first-order valence-electron chi connectivity index (χ1n) is 20.1. The van der Waals surface area contributed by atoms with E-state index in [9.17, 15) is 19.5 Å². The maximum atomic E-state index is 14.4. The maximum absolute atomic E-state index is 14.4. The van der Waals surface area contributed by atoms with Crippen LogP contribution in [0.1, 0.15) is 104 Å². The Morgan fingerprint density at radius 2 is 1.86 bits per heavy atom. The van der Waals surface area contributed by atoms with Gasteiger partial charge < -0.3 is 30.5 Å². The predicted octanol–water partition coefficient (Wildman–Crippen LogP) is 3.93. The SMILES string of the molecule is CCNC1CC2C=CCCC2CC1COC(=O)C12OC1(CC(CO)=C(C)CCC1CCNC3NC(NC)CCC13)C(=O)C1CCCCC1C2=O. The third-order valence-electron chi connectivity index (χ3n) is 14.2. The van der Waals surface area contributed by atoms with Crippen molar-refractivity contribution < 1.29 is 29.0 Å². The summed E-state index contributed by atoms with van der Waals surface area (Å²) in [6.45, 7) is 5.93. The molecule has 12 atom stereocenters.